The van der Waals surface area contributed by atoms with E-state index < -0.39 is 17.2 Å². The molecule has 0 unspecified atom stereocenters. The number of hydrogen-bond donors (Lipinski definition) is 2. The first-order chi connectivity index (χ1) is 12.2. The summed E-state index contributed by atoms with van der Waals surface area (Å²) in [5.74, 6) is -0.0176. The second-order valence-electron chi connectivity index (χ2n) is 8.45. The first-order valence-corrected chi connectivity index (χ1v) is 9.82. The lowest BCUT2D eigenvalue weighted by molar-refractivity contribution is -0.131. The predicted molar refractivity (Wildman–Crippen MR) is 100 cm³/mol. The summed E-state index contributed by atoms with van der Waals surface area (Å²) in [6.45, 7) is 12.2. The molecule has 0 radical (unpaired) electrons. The molecular formula is C19H35N3O4. The summed E-state index contributed by atoms with van der Waals surface area (Å²) in [5.41, 5.74) is -1.47. The Kier molecular flexibility index (Phi) is 7.29. The topological polar surface area (TPSA) is 79.9 Å². The summed E-state index contributed by atoms with van der Waals surface area (Å²) >= 11 is 0. The number of rotatable bonds is 5. The fourth-order valence-corrected chi connectivity index (χ4v) is 3.72. The smallest absolute Gasteiger partial charge is 0.408 e. The molecule has 1 saturated heterocycles. The molecule has 2 fully saturated rings. The van der Waals surface area contributed by atoms with E-state index in [-0.39, 0.29) is 11.8 Å². The van der Waals surface area contributed by atoms with Gasteiger partial charge in [0.05, 0.1) is 13.2 Å². The van der Waals surface area contributed by atoms with Crippen molar-refractivity contribution < 1.29 is 19.1 Å². The molecule has 7 nitrogen and oxygen atoms in total. The van der Waals surface area contributed by atoms with Crippen LogP contribution in [0.3, 0.4) is 0 Å². The lowest BCUT2D eigenvalue weighted by atomic mass is 9.73. The molecule has 0 aromatic heterocycles. The van der Waals surface area contributed by atoms with Gasteiger partial charge in [-0.25, -0.2) is 4.79 Å². The van der Waals surface area contributed by atoms with Crippen LogP contribution in [-0.2, 0) is 14.3 Å². The van der Waals surface area contributed by atoms with Gasteiger partial charge in [-0.2, -0.15) is 0 Å². The van der Waals surface area contributed by atoms with E-state index in [2.05, 4.69) is 15.5 Å². The molecule has 2 N–H and O–H groups in total. The highest BCUT2D eigenvalue weighted by atomic mass is 16.6. The van der Waals surface area contributed by atoms with E-state index in [1.807, 2.05) is 27.7 Å². The second-order valence-corrected chi connectivity index (χ2v) is 8.45. The van der Waals surface area contributed by atoms with E-state index >= 15 is 0 Å². The zero-order valence-electron chi connectivity index (χ0n) is 16.7. The summed E-state index contributed by atoms with van der Waals surface area (Å²) < 4.78 is 10.8. The van der Waals surface area contributed by atoms with Gasteiger partial charge < -0.3 is 20.1 Å². The molecule has 0 spiro atoms. The van der Waals surface area contributed by atoms with Crippen LogP contribution in [0.5, 0.6) is 0 Å². The van der Waals surface area contributed by atoms with E-state index in [0.29, 0.717) is 13.0 Å². The molecule has 0 bridgehead atoms. The van der Waals surface area contributed by atoms with Crippen LogP contribution in [0, 0.1) is 5.92 Å². The van der Waals surface area contributed by atoms with Crippen LogP contribution in [0.15, 0.2) is 0 Å². The predicted octanol–water partition coefficient (Wildman–Crippen LogP) is 1.91. The Labute approximate surface area is 157 Å². The number of hydrogen-bond acceptors (Lipinski definition) is 5. The van der Waals surface area contributed by atoms with Crippen LogP contribution in [-0.4, -0.2) is 67.4 Å². The van der Waals surface area contributed by atoms with Crippen molar-refractivity contribution >= 4 is 12.0 Å². The number of alkyl carbamates (subject to hydrolysis) is 1. The average Bonchev–Trinajstić information content (AvgIpc) is 2.56. The zero-order chi connectivity index (χ0) is 19.2. The van der Waals surface area contributed by atoms with Crippen molar-refractivity contribution in [3.8, 4) is 0 Å². The largest absolute Gasteiger partial charge is 0.444 e. The quantitative estimate of drug-likeness (QED) is 0.774. The van der Waals surface area contributed by atoms with Gasteiger partial charge in [0.1, 0.15) is 11.1 Å². The van der Waals surface area contributed by atoms with Crippen molar-refractivity contribution in [1.29, 1.82) is 0 Å². The van der Waals surface area contributed by atoms with Crippen molar-refractivity contribution in [2.45, 2.75) is 64.5 Å². The summed E-state index contributed by atoms with van der Waals surface area (Å²) in [6.07, 6.45) is 3.06. The standard InChI is InChI=1S/C19H35N3O4/c1-15-7-5-6-8-19(15,21-17(24)26-18(2,3)4)16(23)20-9-10-22-11-13-25-14-12-22/h15H,5-14H2,1-4H3,(H,20,23)(H,21,24)/t15-,19-/m0/s1. The highest BCUT2D eigenvalue weighted by Crippen LogP contribution is 2.34. The first kappa shape index (κ1) is 21.0. The fraction of sp³-hybridized carbons (Fsp3) is 0.895. The molecule has 2 rings (SSSR count). The van der Waals surface area contributed by atoms with Crippen LogP contribution in [0.25, 0.3) is 0 Å². The Balaban J connectivity index is 1.96. The Hall–Kier alpha value is -1.34. The second kappa shape index (κ2) is 9.04. The first-order valence-electron chi connectivity index (χ1n) is 9.82. The molecule has 150 valence electrons. The Morgan fingerprint density at radius 2 is 1.92 bits per heavy atom. The maximum atomic E-state index is 13.0. The lowest BCUT2D eigenvalue weighted by Crippen LogP contribution is -2.64. The summed E-state index contributed by atoms with van der Waals surface area (Å²) in [4.78, 5) is 27.7. The van der Waals surface area contributed by atoms with Gasteiger partial charge in [0.15, 0.2) is 0 Å². The van der Waals surface area contributed by atoms with Crippen molar-refractivity contribution in [3.05, 3.63) is 0 Å². The molecule has 0 aromatic rings. The number of carbonyl (C=O) groups excluding carboxylic acids is 2. The Bertz CT molecular complexity index is 486. The van der Waals surface area contributed by atoms with E-state index in [1.165, 1.54) is 0 Å². The lowest BCUT2D eigenvalue weighted by Gasteiger charge is -2.42. The van der Waals surface area contributed by atoms with Crippen LogP contribution in [0.4, 0.5) is 4.79 Å². The highest BCUT2D eigenvalue weighted by Gasteiger charge is 2.46. The number of nitrogens with zero attached hydrogens (tertiary/aromatic N) is 1. The van der Waals surface area contributed by atoms with E-state index in [4.69, 9.17) is 9.47 Å². The molecule has 1 aliphatic carbocycles. The number of morpholine rings is 1. The Morgan fingerprint density at radius 1 is 1.23 bits per heavy atom. The molecule has 2 atom stereocenters. The maximum absolute atomic E-state index is 13.0. The van der Waals surface area contributed by atoms with Gasteiger partial charge in [0.2, 0.25) is 5.91 Å². The number of nitrogens with one attached hydrogen (secondary N) is 2. The normalized spacial score (nSPS) is 27.6. The minimum Gasteiger partial charge on any atom is -0.444 e. The molecule has 26 heavy (non-hydrogen) atoms. The number of ether oxygens (including phenoxy) is 2. The van der Waals surface area contributed by atoms with Gasteiger partial charge in [0.25, 0.3) is 0 Å². The fourth-order valence-electron chi connectivity index (χ4n) is 3.72. The van der Waals surface area contributed by atoms with E-state index in [9.17, 15) is 9.59 Å². The van der Waals surface area contributed by atoms with E-state index in [0.717, 1.165) is 52.1 Å². The summed E-state index contributed by atoms with van der Waals surface area (Å²) in [5, 5.41) is 5.97. The third kappa shape index (κ3) is 5.84. The molecule has 2 amide bonds. The van der Waals surface area contributed by atoms with Crippen molar-refractivity contribution in [2.24, 2.45) is 5.92 Å². The van der Waals surface area contributed by atoms with Crippen molar-refractivity contribution in [3.63, 3.8) is 0 Å². The molecule has 2 aliphatic rings. The van der Waals surface area contributed by atoms with E-state index in [1.54, 1.807) is 0 Å². The van der Waals surface area contributed by atoms with Gasteiger partial charge >= 0.3 is 6.09 Å². The van der Waals surface area contributed by atoms with Gasteiger partial charge in [-0.15, -0.1) is 0 Å². The third-order valence-electron chi connectivity index (χ3n) is 5.25. The molecule has 1 saturated carbocycles. The monoisotopic (exact) mass is 369 g/mol. The van der Waals surface area contributed by atoms with Crippen LogP contribution >= 0.6 is 0 Å². The molecular weight excluding hydrogens is 334 g/mol. The summed E-state index contributed by atoms with van der Waals surface area (Å²) in [6, 6.07) is 0. The number of carbonyl (C=O) groups is 2. The maximum Gasteiger partial charge on any atom is 0.408 e. The average molecular weight is 370 g/mol. The SMILES string of the molecule is C[C@H]1CCCC[C@@]1(NC(=O)OC(C)(C)C)C(=O)NCCN1CCOCC1. The van der Waals surface area contributed by atoms with Gasteiger partial charge in [-0.05, 0) is 39.5 Å². The highest BCUT2D eigenvalue weighted by molar-refractivity contribution is 5.90. The molecule has 0 aromatic carbocycles. The summed E-state index contributed by atoms with van der Waals surface area (Å²) in [7, 11) is 0. The zero-order valence-corrected chi connectivity index (χ0v) is 16.7. The molecule has 1 heterocycles. The molecule has 1 aliphatic heterocycles. The third-order valence-corrected chi connectivity index (χ3v) is 5.25. The minimum absolute atomic E-state index is 0.0761. The Morgan fingerprint density at radius 3 is 2.54 bits per heavy atom. The van der Waals surface area contributed by atoms with Crippen LogP contribution in [0.2, 0.25) is 0 Å². The van der Waals surface area contributed by atoms with Crippen LogP contribution < -0.4 is 10.6 Å². The minimum atomic E-state index is -0.883. The van der Waals surface area contributed by atoms with Crippen molar-refractivity contribution in [2.75, 3.05) is 39.4 Å². The van der Waals surface area contributed by atoms with Crippen LogP contribution in [0.1, 0.15) is 53.4 Å². The van der Waals surface area contributed by atoms with Gasteiger partial charge in [0, 0.05) is 26.2 Å². The number of amides is 2. The van der Waals surface area contributed by atoms with Gasteiger partial charge in [-0.3, -0.25) is 9.69 Å². The van der Waals surface area contributed by atoms with Crippen molar-refractivity contribution in [1.82, 2.24) is 15.5 Å². The molecule has 7 heteroatoms. The van der Waals surface area contributed by atoms with Gasteiger partial charge in [-0.1, -0.05) is 19.8 Å².